The van der Waals surface area contributed by atoms with E-state index in [0.29, 0.717) is 18.8 Å². The lowest BCUT2D eigenvalue weighted by Crippen LogP contribution is -2.58. The largest absolute Gasteiger partial charge is 0.389 e. The summed E-state index contributed by atoms with van der Waals surface area (Å²) in [5.74, 6) is 0.674. The summed E-state index contributed by atoms with van der Waals surface area (Å²) in [6.07, 6.45) is 5.22. The van der Waals surface area contributed by atoms with Gasteiger partial charge in [-0.3, -0.25) is 4.79 Å². The molecule has 1 saturated heterocycles. The minimum Gasteiger partial charge on any atom is -0.389 e. The van der Waals surface area contributed by atoms with Gasteiger partial charge in [-0.2, -0.15) is 0 Å². The highest BCUT2D eigenvalue weighted by Crippen LogP contribution is 2.27. The van der Waals surface area contributed by atoms with Crippen LogP contribution in [0.5, 0.6) is 0 Å². The van der Waals surface area contributed by atoms with Gasteiger partial charge in [-0.05, 0) is 52.0 Å². The first-order valence-corrected chi connectivity index (χ1v) is 10.2. The molecular weight excluding hydrogens is 326 g/mol. The van der Waals surface area contributed by atoms with Crippen LogP contribution in [0, 0.1) is 5.92 Å². The molecule has 1 heterocycles. The van der Waals surface area contributed by atoms with Gasteiger partial charge in [0.15, 0.2) is 0 Å². The molecule has 0 radical (unpaired) electrons. The Morgan fingerprint density at radius 3 is 2.75 bits per heavy atom. The number of amides is 1. The Labute approximate surface area is 150 Å². The van der Waals surface area contributed by atoms with Crippen molar-refractivity contribution in [1.29, 1.82) is 0 Å². The first kappa shape index (κ1) is 21.7. The fraction of sp³-hybridized carbons (Fsp3) is 0.941. The second kappa shape index (κ2) is 11.3. The summed E-state index contributed by atoms with van der Waals surface area (Å²) >= 11 is 1.47. The lowest BCUT2D eigenvalue weighted by molar-refractivity contribution is -0.126. The van der Waals surface area contributed by atoms with Gasteiger partial charge in [0.1, 0.15) is 5.44 Å². The molecule has 7 heteroatoms. The predicted molar refractivity (Wildman–Crippen MR) is 99.9 cm³/mol. The number of aliphatic hydroxyl groups excluding tert-OH is 1. The Bertz CT molecular complexity index is 373. The van der Waals surface area contributed by atoms with E-state index in [1.807, 2.05) is 20.2 Å². The SMILES string of the molecule is CNCCC(C)CCCC(=O)NC(C)C1OC(SC)C(O)CC1N. The average Bonchev–Trinajstić information content (AvgIpc) is 2.52. The molecule has 0 aromatic heterocycles. The number of carbonyl (C=O) groups is 1. The first-order valence-electron chi connectivity index (χ1n) is 8.94. The van der Waals surface area contributed by atoms with Crippen LogP contribution in [-0.4, -0.2) is 60.6 Å². The summed E-state index contributed by atoms with van der Waals surface area (Å²) in [6.45, 7) is 5.16. The van der Waals surface area contributed by atoms with Crippen LogP contribution in [0.3, 0.4) is 0 Å². The van der Waals surface area contributed by atoms with E-state index in [0.717, 1.165) is 25.8 Å². The summed E-state index contributed by atoms with van der Waals surface area (Å²) in [5.41, 5.74) is 5.82. The van der Waals surface area contributed by atoms with E-state index in [9.17, 15) is 9.90 Å². The van der Waals surface area contributed by atoms with Crippen LogP contribution >= 0.6 is 11.8 Å². The van der Waals surface area contributed by atoms with Crippen molar-refractivity contribution in [2.45, 2.75) is 75.7 Å². The Kier molecular flexibility index (Phi) is 10.2. The van der Waals surface area contributed by atoms with E-state index < -0.39 is 6.10 Å². The second-order valence-electron chi connectivity index (χ2n) is 6.92. The second-order valence-corrected chi connectivity index (χ2v) is 7.85. The molecule has 0 aromatic carbocycles. The average molecular weight is 362 g/mol. The molecule has 142 valence electrons. The van der Waals surface area contributed by atoms with E-state index in [-0.39, 0.29) is 29.5 Å². The molecule has 6 atom stereocenters. The zero-order valence-electron chi connectivity index (χ0n) is 15.5. The number of ether oxygens (including phenoxy) is 1. The molecule has 0 aromatic rings. The third-order valence-electron chi connectivity index (χ3n) is 4.64. The molecule has 0 aliphatic carbocycles. The van der Waals surface area contributed by atoms with Gasteiger partial charge in [-0.25, -0.2) is 0 Å². The van der Waals surface area contributed by atoms with Crippen molar-refractivity contribution in [2.75, 3.05) is 19.8 Å². The van der Waals surface area contributed by atoms with Crippen LogP contribution in [0.25, 0.3) is 0 Å². The van der Waals surface area contributed by atoms with Crippen LogP contribution in [0.2, 0.25) is 0 Å². The maximum absolute atomic E-state index is 12.1. The highest BCUT2D eigenvalue weighted by atomic mass is 32.2. The molecule has 6 nitrogen and oxygen atoms in total. The standard InChI is InChI=1S/C17H35N3O3S/c1-11(8-9-19-3)6-5-7-15(22)20-12(2)16-13(18)10-14(21)17(23-16)24-4/h11-14,16-17,19,21H,5-10,18H2,1-4H3,(H,20,22). The van der Waals surface area contributed by atoms with Gasteiger partial charge in [0.2, 0.25) is 5.91 Å². The number of carbonyl (C=O) groups excluding carboxylic acids is 1. The fourth-order valence-electron chi connectivity index (χ4n) is 3.13. The zero-order valence-corrected chi connectivity index (χ0v) is 16.3. The number of nitrogens with one attached hydrogen (secondary N) is 2. The molecule has 0 saturated carbocycles. The molecule has 0 bridgehead atoms. The third-order valence-corrected chi connectivity index (χ3v) is 5.53. The van der Waals surface area contributed by atoms with E-state index in [1.165, 1.54) is 11.8 Å². The molecule has 6 unspecified atom stereocenters. The lowest BCUT2D eigenvalue weighted by Gasteiger charge is -2.40. The quantitative estimate of drug-likeness (QED) is 0.465. The molecule has 5 N–H and O–H groups in total. The highest BCUT2D eigenvalue weighted by molar-refractivity contribution is 7.99. The molecule has 0 spiro atoms. The molecule has 1 amide bonds. The number of rotatable bonds is 10. The van der Waals surface area contributed by atoms with Crippen LogP contribution in [0.15, 0.2) is 0 Å². The molecule has 24 heavy (non-hydrogen) atoms. The Hall–Kier alpha value is -0.340. The normalized spacial score (nSPS) is 29.9. The zero-order chi connectivity index (χ0) is 18.1. The number of thioether (sulfide) groups is 1. The maximum Gasteiger partial charge on any atom is 0.220 e. The van der Waals surface area contributed by atoms with Gasteiger partial charge >= 0.3 is 0 Å². The molecule has 1 rings (SSSR count). The number of nitrogens with two attached hydrogens (primary N) is 1. The van der Waals surface area contributed by atoms with Gasteiger partial charge in [0.25, 0.3) is 0 Å². The van der Waals surface area contributed by atoms with Crippen molar-refractivity contribution in [3.63, 3.8) is 0 Å². The van der Waals surface area contributed by atoms with Crippen LogP contribution in [0.4, 0.5) is 0 Å². The summed E-state index contributed by atoms with van der Waals surface area (Å²) in [6, 6.07) is -0.420. The Morgan fingerprint density at radius 1 is 1.42 bits per heavy atom. The Balaban J connectivity index is 2.32. The van der Waals surface area contributed by atoms with Crippen LogP contribution < -0.4 is 16.4 Å². The number of hydrogen-bond donors (Lipinski definition) is 4. The van der Waals surface area contributed by atoms with Gasteiger partial charge < -0.3 is 26.2 Å². The minimum atomic E-state index is -0.548. The van der Waals surface area contributed by atoms with Crippen LogP contribution in [0.1, 0.15) is 46.0 Å². The van der Waals surface area contributed by atoms with Crippen molar-refractivity contribution < 1.29 is 14.6 Å². The fourth-order valence-corrected chi connectivity index (χ4v) is 3.79. The summed E-state index contributed by atoms with van der Waals surface area (Å²) in [5, 5.41) is 16.1. The third kappa shape index (κ3) is 7.27. The summed E-state index contributed by atoms with van der Waals surface area (Å²) in [4.78, 5) is 12.1. The van der Waals surface area contributed by atoms with Gasteiger partial charge in [-0.15, -0.1) is 11.8 Å². The predicted octanol–water partition coefficient (Wildman–Crippen LogP) is 1.07. The van der Waals surface area contributed by atoms with E-state index in [4.69, 9.17) is 10.5 Å². The number of aliphatic hydroxyl groups is 1. The lowest BCUT2D eigenvalue weighted by atomic mass is 9.96. The maximum atomic E-state index is 12.1. The van der Waals surface area contributed by atoms with Crippen LogP contribution in [-0.2, 0) is 9.53 Å². The monoisotopic (exact) mass is 361 g/mol. The van der Waals surface area contributed by atoms with Crippen molar-refractivity contribution in [2.24, 2.45) is 11.7 Å². The van der Waals surface area contributed by atoms with Gasteiger partial charge in [0.05, 0.1) is 18.2 Å². The van der Waals surface area contributed by atoms with Gasteiger partial charge in [-0.1, -0.05) is 13.3 Å². The van der Waals surface area contributed by atoms with E-state index in [2.05, 4.69) is 17.6 Å². The summed E-state index contributed by atoms with van der Waals surface area (Å²) in [7, 11) is 1.96. The van der Waals surface area contributed by atoms with Crippen molar-refractivity contribution >= 4 is 17.7 Å². The summed E-state index contributed by atoms with van der Waals surface area (Å²) < 4.78 is 5.88. The molecule has 1 fully saturated rings. The van der Waals surface area contributed by atoms with E-state index in [1.54, 1.807) is 0 Å². The van der Waals surface area contributed by atoms with Crippen molar-refractivity contribution in [1.82, 2.24) is 10.6 Å². The van der Waals surface area contributed by atoms with Crippen molar-refractivity contribution in [3.8, 4) is 0 Å². The molecule has 1 aliphatic rings. The highest BCUT2D eigenvalue weighted by Gasteiger charge is 2.38. The molecule has 1 aliphatic heterocycles. The minimum absolute atomic E-state index is 0.0472. The van der Waals surface area contributed by atoms with E-state index >= 15 is 0 Å². The smallest absolute Gasteiger partial charge is 0.220 e. The van der Waals surface area contributed by atoms with Crippen molar-refractivity contribution in [3.05, 3.63) is 0 Å². The first-order chi connectivity index (χ1) is 11.4. The van der Waals surface area contributed by atoms with Gasteiger partial charge in [0, 0.05) is 12.5 Å². The Morgan fingerprint density at radius 2 is 2.12 bits per heavy atom. The topological polar surface area (TPSA) is 96.6 Å². The molecular formula is C17H35N3O3S. The number of hydrogen-bond acceptors (Lipinski definition) is 6.